The predicted octanol–water partition coefficient (Wildman–Crippen LogP) is 5.37. The zero-order valence-electron chi connectivity index (χ0n) is 18.0. The van der Waals surface area contributed by atoms with Crippen LogP contribution in [0, 0.1) is 0 Å². The molecule has 0 aromatic heterocycles. The molecule has 0 radical (unpaired) electrons. The summed E-state index contributed by atoms with van der Waals surface area (Å²) < 4.78 is 12.2. The molecule has 0 spiro atoms. The number of carboxylic acid groups (broad SMARTS) is 1. The molecule has 1 heterocycles. The Hall–Kier alpha value is -3.32. The van der Waals surface area contributed by atoms with Gasteiger partial charge in [0.05, 0.1) is 26.1 Å². The maximum absolute atomic E-state index is 12.8. The third-order valence-electron chi connectivity index (χ3n) is 6.29. The molecule has 1 N–H and O–H groups in total. The Morgan fingerprint density at radius 2 is 1.97 bits per heavy atom. The fraction of sp³-hybridized carbons (Fsp3) is 0.231. The second kappa shape index (κ2) is 8.56. The largest absolute Gasteiger partial charge is 0.496 e. The zero-order chi connectivity index (χ0) is 23.1. The Bertz CT molecular complexity index is 1260. The van der Waals surface area contributed by atoms with E-state index in [2.05, 4.69) is 28.1 Å². The maximum Gasteiger partial charge on any atom is 0.411 e. The number of benzene rings is 3. The first-order valence-electron chi connectivity index (χ1n) is 10.7. The number of fused-ring (bicyclic) bond motifs is 3. The van der Waals surface area contributed by atoms with Crippen LogP contribution in [0.2, 0.25) is 0 Å². The number of carbonyl (C=O) groups is 2. The van der Waals surface area contributed by atoms with Crippen molar-refractivity contribution in [2.75, 3.05) is 7.11 Å². The summed E-state index contributed by atoms with van der Waals surface area (Å²) in [6, 6.07) is 19.3. The molecule has 5 rings (SSSR count). The SMILES string of the molecule is COc1ccc(CC(=O)O)cc1-c1ccc(Br)cc1CN1C(=O)O[C@H]2Cc3ccccc3[C@H]21. The average Bonchev–Trinajstić information content (AvgIpc) is 3.29. The summed E-state index contributed by atoms with van der Waals surface area (Å²) in [6.45, 7) is 0.357. The minimum atomic E-state index is -0.895. The molecule has 1 aliphatic carbocycles. The number of rotatable bonds is 6. The molecule has 1 aliphatic heterocycles. The molecule has 168 valence electrons. The van der Waals surface area contributed by atoms with Crippen molar-refractivity contribution < 1.29 is 24.2 Å². The van der Waals surface area contributed by atoms with Crippen LogP contribution in [0.15, 0.2) is 65.1 Å². The number of methoxy groups -OCH3 is 1. The van der Waals surface area contributed by atoms with Crippen molar-refractivity contribution in [3.8, 4) is 16.9 Å². The molecule has 1 amide bonds. The number of carbonyl (C=O) groups excluding carboxylic acids is 1. The van der Waals surface area contributed by atoms with Crippen LogP contribution in [0.25, 0.3) is 11.1 Å². The van der Waals surface area contributed by atoms with Gasteiger partial charge in [0, 0.05) is 16.5 Å². The molecule has 7 heteroatoms. The highest BCUT2D eigenvalue weighted by Crippen LogP contribution is 2.44. The van der Waals surface area contributed by atoms with Crippen molar-refractivity contribution in [3.05, 3.63) is 87.4 Å². The monoisotopic (exact) mass is 507 g/mol. The molecule has 1 saturated heterocycles. The third kappa shape index (κ3) is 3.97. The molecular weight excluding hydrogens is 486 g/mol. The van der Waals surface area contributed by atoms with E-state index in [-0.39, 0.29) is 24.7 Å². The topological polar surface area (TPSA) is 76.1 Å². The first-order valence-corrected chi connectivity index (χ1v) is 11.5. The van der Waals surface area contributed by atoms with Gasteiger partial charge in [0.25, 0.3) is 0 Å². The summed E-state index contributed by atoms with van der Waals surface area (Å²) in [5.74, 6) is -0.256. The standard InChI is InChI=1S/C26H22BrNO5/c1-32-22-9-6-15(11-24(29)30)10-21(22)19-8-7-18(27)12-17(19)14-28-25-20-5-3-2-4-16(20)13-23(25)33-26(28)31/h2-10,12,23,25H,11,13-14H2,1H3,(H,29,30)/t23-,25+/m0/s1. The van der Waals surface area contributed by atoms with Gasteiger partial charge in [-0.05, 0) is 52.1 Å². The number of hydrogen-bond donors (Lipinski definition) is 1. The summed E-state index contributed by atoms with van der Waals surface area (Å²) in [6.07, 6.45) is 0.136. The van der Waals surface area contributed by atoms with Crippen molar-refractivity contribution in [2.45, 2.75) is 31.5 Å². The molecule has 1 fully saturated rings. The lowest BCUT2D eigenvalue weighted by molar-refractivity contribution is -0.136. The fourth-order valence-electron chi connectivity index (χ4n) is 4.88. The smallest absolute Gasteiger partial charge is 0.411 e. The second-order valence-electron chi connectivity index (χ2n) is 8.30. The molecule has 2 aliphatic rings. The lowest BCUT2D eigenvalue weighted by Crippen LogP contribution is -2.27. The van der Waals surface area contributed by atoms with E-state index >= 15 is 0 Å². The van der Waals surface area contributed by atoms with E-state index in [9.17, 15) is 14.7 Å². The molecule has 0 bridgehead atoms. The van der Waals surface area contributed by atoms with Crippen LogP contribution < -0.4 is 4.74 Å². The quantitative estimate of drug-likeness (QED) is 0.485. The van der Waals surface area contributed by atoms with E-state index in [1.807, 2.05) is 36.4 Å². The molecule has 0 unspecified atom stereocenters. The summed E-state index contributed by atoms with van der Waals surface area (Å²) in [5.41, 5.74) is 5.60. The highest BCUT2D eigenvalue weighted by Gasteiger charge is 2.47. The van der Waals surface area contributed by atoms with Gasteiger partial charge in [-0.3, -0.25) is 9.69 Å². The zero-order valence-corrected chi connectivity index (χ0v) is 19.5. The molecule has 0 saturated carbocycles. The van der Waals surface area contributed by atoms with E-state index in [1.54, 1.807) is 24.1 Å². The van der Waals surface area contributed by atoms with Crippen LogP contribution >= 0.6 is 15.9 Å². The van der Waals surface area contributed by atoms with Gasteiger partial charge in [-0.25, -0.2) is 4.79 Å². The normalized spacial score (nSPS) is 18.6. The number of nitrogens with zero attached hydrogens (tertiary/aromatic N) is 1. The van der Waals surface area contributed by atoms with Gasteiger partial charge in [-0.1, -0.05) is 52.3 Å². The minimum Gasteiger partial charge on any atom is -0.496 e. The molecule has 33 heavy (non-hydrogen) atoms. The predicted molar refractivity (Wildman–Crippen MR) is 126 cm³/mol. The van der Waals surface area contributed by atoms with Gasteiger partial charge in [0.1, 0.15) is 11.9 Å². The van der Waals surface area contributed by atoms with E-state index in [1.165, 1.54) is 5.56 Å². The van der Waals surface area contributed by atoms with Gasteiger partial charge in [-0.2, -0.15) is 0 Å². The molecule has 2 atom stereocenters. The fourth-order valence-corrected chi connectivity index (χ4v) is 5.28. The van der Waals surface area contributed by atoms with Crippen LogP contribution in [0.4, 0.5) is 4.79 Å². The van der Waals surface area contributed by atoms with Gasteiger partial charge in [0.15, 0.2) is 0 Å². The van der Waals surface area contributed by atoms with Crippen LogP contribution in [0.5, 0.6) is 5.75 Å². The molecule has 3 aromatic rings. The first-order chi connectivity index (χ1) is 15.9. The maximum atomic E-state index is 12.8. The van der Waals surface area contributed by atoms with Crippen LogP contribution in [0.1, 0.15) is 28.3 Å². The number of ether oxygens (including phenoxy) is 2. The molecular formula is C26H22BrNO5. The van der Waals surface area contributed by atoms with Crippen LogP contribution in [0.3, 0.4) is 0 Å². The van der Waals surface area contributed by atoms with Crippen LogP contribution in [-0.4, -0.2) is 35.3 Å². The van der Waals surface area contributed by atoms with Crippen molar-refractivity contribution in [1.29, 1.82) is 0 Å². The summed E-state index contributed by atoms with van der Waals surface area (Å²) >= 11 is 3.55. The molecule has 3 aromatic carbocycles. The van der Waals surface area contributed by atoms with Crippen LogP contribution in [-0.2, 0) is 28.9 Å². The molecule has 6 nitrogen and oxygen atoms in total. The third-order valence-corrected chi connectivity index (χ3v) is 6.78. The Morgan fingerprint density at radius 3 is 2.76 bits per heavy atom. The highest BCUT2D eigenvalue weighted by molar-refractivity contribution is 9.10. The summed E-state index contributed by atoms with van der Waals surface area (Å²) in [5, 5.41) is 9.24. The number of hydrogen-bond acceptors (Lipinski definition) is 4. The number of carboxylic acids is 1. The van der Waals surface area contributed by atoms with Crippen molar-refractivity contribution in [2.24, 2.45) is 0 Å². The van der Waals surface area contributed by atoms with E-state index in [4.69, 9.17) is 9.47 Å². The lowest BCUT2D eigenvalue weighted by Gasteiger charge is -2.24. The Kier molecular flexibility index (Phi) is 5.58. The lowest BCUT2D eigenvalue weighted by atomic mass is 9.95. The van der Waals surface area contributed by atoms with Crippen molar-refractivity contribution >= 4 is 28.0 Å². The van der Waals surface area contributed by atoms with Gasteiger partial charge in [-0.15, -0.1) is 0 Å². The summed E-state index contributed by atoms with van der Waals surface area (Å²) in [7, 11) is 1.59. The van der Waals surface area contributed by atoms with Gasteiger partial charge >= 0.3 is 12.1 Å². The Morgan fingerprint density at radius 1 is 1.15 bits per heavy atom. The first kappa shape index (κ1) is 21.5. The van der Waals surface area contributed by atoms with E-state index in [0.717, 1.165) is 33.1 Å². The Labute approximate surface area is 199 Å². The van der Waals surface area contributed by atoms with E-state index < -0.39 is 5.97 Å². The Balaban J connectivity index is 1.56. The summed E-state index contributed by atoms with van der Waals surface area (Å²) in [4.78, 5) is 25.9. The number of halogens is 1. The minimum absolute atomic E-state index is 0.0815. The average molecular weight is 508 g/mol. The number of amides is 1. The van der Waals surface area contributed by atoms with Crippen molar-refractivity contribution in [1.82, 2.24) is 4.90 Å². The van der Waals surface area contributed by atoms with Gasteiger partial charge < -0.3 is 14.6 Å². The van der Waals surface area contributed by atoms with Gasteiger partial charge in [0.2, 0.25) is 0 Å². The number of aliphatic carboxylic acids is 1. The highest BCUT2D eigenvalue weighted by atomic mass is 79.9. The second-order valence-corrected chi connectivity index (χ2v) is 9.22. The van der Waals surface area contributed by atoms with Crippen molar-refractivity contribution in [3.63, 3.8) is 0 Å². The van der Waals surface area contributed by atoms with E-state index in [0.29, 0.717) is 17.9 Å².